The molecular weight excluding hydrogens is 307 g/mol. The number of carbonyl (C=O) groups excluding carboxylic acids is 1. The monoisotopic (exact) mass is 324 g/mol. The second kappa shape index (κ2) is 7.01. The van der Waals surface area contributed by atoms with Crippen LogP contribution in [0.4, 0.5) is 20.6 Å². The minimum atomic E-state index is -0.515. The molecule has 1 aliphatic rings. The number of carbonyl (C=O) groups is 1. The lowest BCUT2D eigenvalue weighted by atomic mass is 10.1. The van der Waals surface area contributed by atoms with E-state index in [1.807, 2.05) is 41.3 Å². The molecule has 0 spiro atoms. The van der Waals surface area contributed by atoms with Crippen LogP contribution in [-0.4, -0.2) is 37.1 Å². The van der Waals surface area contributed by atoms with E-state index in [-0.39, 0.29) is 11.6 Å². The Hall–Kier alpha value is -3.07. The van der Waals surface area contributed by atoms with Gasteiger partial charge in [-0.15, -0.1) is 0 Å². The largest absolute Gasteiger partial charge is 0.367 e. The van der Waals surface area contributed by atoms with E-state index >= 15 is 0 Å². The van der Waals surface area contributed by atoms with E-state index in [4.69, 9.17) is 5.26 Å². The van der Waals surface area contributed by atoms with Crippen LogP contribution < -0.4 is 10.2 Å². The van der Waals surface area contributed by atoms with E-state index in [0.717, 1.165) is 5.69 Å². The summed E-state index contributed by atoms with van der Waals surface area (Å²) in [6.07, 6.45) is 0. The second-order valence-corrected chi connectivity index (χ2v) is 5.52. The van der Waals surface area contributed by atoms with Gasteiger partial charge >= 0.3 is 6.03 Å². The number of para-hydroxylation sites is 1. The van der Waals surface area contributed by atoms with E-state index in [9.17, 15) is 9.18 Å². The van der Waals surface area contributed by atoms with Crippen LogP contribution in [0, 0.1) is 17.1 Å². The van der Waals surface area contributed by atoms with Crippen LogP contribution in [0.3, 0.4) is 0 Å². The first-order valence-corrected chi connectivity index (χ1v) is 7.73. The summed E-state index contributed by atoms with van der Waals surface area (Å²) in [5, 5.41) is 12.0. The summed E-state index contributed by atoms with van der Waals surface area (Å²) in [5.41, 5.74) is 1.39. The standard InChI is InChI=1S/C18H17FN4O/c19-16-7-4-8-17(15(16)13-20)22-9-11-23(12-10-22)18(24)21-14-5-2-1-3-6-14/h1-8H,9-12H2,(H,21,24). The minimum absolute atomic E-state index is 0.0553. The van der Waals surface area contributed by atoms with E-state index in [0.29, 0.717) is 31.9 Å². The van der Waals surface area contributed by atoms with Crippen LogP contribution in [0.15, 0.2) is 48.5 Å². The number of rotatable bonds is 2. The highest BCUT2D eigenvalue weighted by molar-refractivity contribution is 5.89. The Morgan fingerprint density at radius 2 is 1.75 bits per heavy atom. The lowest BCUT2D eigenvalue weighted by Crippen LogP contribution is -2.50. The SMILES string of the molecule is N#Cc1c(F)cccc1N1CCN(C(=O)Nc2ccccc2)CC1. The Morgan fingerprint density at radius 1 is 1.04 bits per heavy atom. The van der Waals surface area contributed by atoms with E-state index in [1.54, 1.807) is 17.0 Å². The minimum Gasteiger partial charge on any atom is -0.367 e. The number of hydrogen-bond acceptors (Lipinski definition) is 3. The average molecular weight is 324 g/mol. The van der Waals surface area contributed by atoms with Crippen LogP contribution in [0.1, 0.15) is 5.56 Å². The number of piperazine rings is 1. The van der Waals surface area contributed by atoms with Crippen LogP contribution in [0.25, 0.3) is 0 Å². The number of hydrogen-bond donors (Lipinski definition) is 1. The van der Waals surface area contributed by atoms with Crippen molar-refractivity contribution in [3.05, 3.63) is 59.9 Å². The Balaban J connectivity index is 1.63. The molecule has 0 aromatic heterocycles. The predicted octanol–water partition coefficient (Wildman–Crippen LogP) is 3.05. The maximum Gasteiger partial charge on any atom is 0.321 e. The molecule has 1 heterocycles. The number of benzene rings is 2. The molecule has 5 nitrogen and oxygen atoms in total. The molecule has 2 amide bonds. The zero-order chi connectivity index (χ0) is 16.9. The molecule has 1 fully saturated rings. The van der Waals surface area contributed by atoms with Gasteiger partial charge in [-0.3, -0.25) is 0 Å². The predicted molar refractivity (Wildman–Crippen MR) is 90.4 cm³/mol. The van der Waals surface area contributed by atoms with Crippen LogP contribution in [0.2, 0.25) is 0 Å². The van der Waals surface area contributed by atoms with Crippen molar-refractivity contribution in [2.75, 3.05) is 36.4 Å². The first-order valence-electron chi connectivity index (χ1n) is 7.73. The third-order valence-electron chi connectivity index (χ3n) is 4.04. The third kappa shape index (κ3) is 3.30. The summed E-state index contributed by atoms with van der Waals surface area (Å²) in [4.78, 5) is 15.9. The first kappa shape index (κ1) is 15.8. The molecule has 1 N–H and O–H groups in total. The Bertz CT molecular complexity index is 764. The zero-order valence-electron chi connectivity index (χ0n) is 13.1. The molecule has 0 saturated carbocycles. The molecule has 0 radical (unpaired) electrons. The Labute approximate surface area is 139 Å². The maximum absolute atomic E-state index is 13.7. The maximum atomic E-state index is 13.7. The zero-order valence-corrected chi connectivity index (χ0v) is 13.1. The normalized spacial score (nSPS) is 14.2. The summed E-state index contributed by atoms with van der Waals surface area (Å²) < 4.78 is 13.7. The molecule has 0 aliphatic carbocycles. The molecular formula is C18H17FN4O. The number of nitrogens with one attached hydrogen (secondary N) is 1. The molecule has 2 aromatic carbocycles. The molecule has 2 aromatic rings. The van der Waals surface area contributed by atoms with Crippen molar-refractivity contribution in [3.63, 3.8) is 0 Å². The summed E-state index contributed by atoms with van der Waals surface area (Å²) in [5.74, 6) is -0.515. The first-order chi connectivity index (χ1) is 11.7. The van der Waals surface area contributed by atoms with E-state index < -0.39 is 5.82 Å². The molecule has 1 aliphatic heterocycles. The molecule has 122 valence electrons. The number of nitriles is 1. The quantitative estimate of drug-likeness (QED) is 0.923. The van der Waals surface area contributed by atoms with Crippen LogP contribution in [0.5, 0.6) is 0 Å². The molecule has 0 atom stereocenters. The van der Waals surface area contributed by atoms with Gasteiger partial charge in [-0.2, -0.15) is 5.26 Å². The van der Waals surface area contributed by atoms with Crippen molar-refractivity contribution in [2.45, 2.75) is 0 Å². The van der Waals surface area contributed by atoms with Gasteiger partial charge in [0.25, 0.3) is 0 Å². The second-order valence-electron chi connectivity index (χ2n) is 5.52. The average Bonchev–Trinajstić information content (AvgIpc) is 2.62. The molecule has 6 heteroatoms. The van der Waals surface area contributed by atoms with Gasteiger partial charge < -0.3 is 15.1 Å². The molecule has 1 saturated heterocycles. The topological polar surface area (TPSA) is 59.4 Å². The smallest absolute Gasteiger partial charge is 0.321 e. The van der Waals surface area contributed by atoms with Gasteiger partial charge in [-0.25, -0.2) is 9.18 Å². The fourth-order valence-corrected chi connectivity index (χ4v) is 2.76. The number of anilines is 2. The van der Waals surface area contributed by atoms with Gasteiger partial charge in [0.05, 0.1) is 5.69 Å². The summed E-state index contributed by atoms with van der Waals surface area (Å²) in [6.45, 7) is 2.14. The van der Waals surface area contributed by atoms with Crippen molar-refractivity contribution < 1.29 is 9.18 Å². The number of halogens is 1. The Morgan fingerprint density at radius 3 is 2.42 bits per heavy atom. The van der Waals surface area contributed by atoms with Gasteiger partial charge in [0.2, 0.25) is 0 Å². The number of amides is 2. The van der Waals surface area contributed by atoms with Crippen molar-refractivity contribution in [3.8, 4) is 6.07 Å². The molecule has 0 bridgehead atoms. The Kier molecular flexibility index (Phi) is 4.62. The fraction of sp³-hybridized carbons (Fsp3) is 0.222. The number of nitrogens with zero attached hydrogens (tertiary/aromatic N) is 3. The highest BCUT2D eigenvalue weighted by Crippen LogP contribution is 2.23. The van der Waals surface area contributed by atoms with Crippen LogP contribution in [-0.2, 0) is 0 Å². The highest BCUT2D eigenvalue weighted by Gasteiger charge is 2.23. The van der Waals surface area contributed by atoms with Gasteiger partial charge in [-0.05, 0) is 24.3 Å². The summed E-state index contributed by atoms with van der Waals surface area (Å²) in [7, 11) is 0. The van der Waals surface area contributed by atoms with Crippen molar-refractivity contribution in [2.24, 2.45) is 0 Å². The van der Waals surface area contributed by atoms with Gasteiger partial charge in [0.15, 0.2) is 0 Å². The van der Waals surface area contributed by atoms with Crippen molar-refractivity contribution >= 4 is 17.4 Å². The molecule has 3 rings (SSSR count). The molecule has 0 unspecified atom stereocenters. The summed E-state index contributed by atoms with van der Waals surface area (Å²) >= 11 is 0. The lowest BCUT2D eigenvalue weighted by molar-refractivity contribution is 0.208. The van der Waals surface area contributed by atoms with Gasteiger partial charge in [0, 0.05) is 31.9 Å². The lowest BCUT2D eigenvalue weighted by Gasteiger charge is -2.36. The van der Waals surface area contributed by atoms with Gasteiger partial charge in [0.1, 0.15) is 17.4 Å². The number of urea groups is 1. The van der Waals surface area contributed by atoms with Crippen molar-refractivity contribution in [1.82, 2.24) is 4.90 Å². The van der Waals surface area contributed by atoms with Crippen LogP contribution >= 0.6 is 0 Å². The summed E-state index contributed by atoms with van der Waals surface area (Å²) in [6, 6.07) is 15.7. The van der Waals surface area contributed by atoms with E-state index in [1.165, 1.54) is 6.07 Å². The third-order valence-corrected chi connectivity index (χ3v) is 4.04. The van der Waals surface area contributed by atoms with Crippen molar-refractivity contribution in [1.29, 1.82) is 5.26 Å². The fourth-order valence-electron chi connectivity index (χ4n) is 2.76. The molecule has 24 heavy (non-hydrogen) atoms. The highest BCUT2D eigenvalue weighted by atomic mass is 19.1. The van der Waals surface area contributed by atoms with Gasteiger partial charge in [-0.1, -0.05) is 24.3 Å². The van der Waals surface area contributed by atoms with E-state index in [2.05, 4.69) is 5.32 Å².